The molecule has 21 heavy (non-hydrogen) atoms. The second-order valence-corrected chi connectivity index (χ2v) is 5.67. The molecule has 0 aliphatic carbocycles. The number of hydrogen-bond acceptors (Lipinski definition) is 3. The summed E-state index contributed by atoms with van der Waals surface area (Å²) in [5.74, 6) is -0.195. The molecule has 2 aliphatic rings. The molecule has 2 saturated heterocycles. The van der Waals surface area contributed by atoms with Crippen molar-refractivity contribution in [3.63, 3.8) is 0 Å². The fourth-order valence-electron chi connectivity index (χ4n) is 2.93. The van der Waals surface area contributed by atoms with Crippen LogP contribution < -0.4 is 0 Å². The predicted octanol–water partition coefficient (Wildman–Crippen LogP) is 2.72. The maximum Gasteiger partial charge on any atom is 0.123 e. The number of benzene rings is 1. The summed E-state index contributed by atoms with van der Waals surface area (Å²) in [5.41, 5.74) is 1.03. The first-order valence-corrected chi connectivity index (χ1v) is 7.69. The van der Waals surface area contributed by atoms with E-state index in [0.29, 0.717) is 0 Å². The largest absolute Gasteiger partial charge is 0.375 e. The molecule has 2 aliphatic heterocycles. The Hall–Kier alpha value is -1.23. The summed E-state index contributed by atoms with van der Waals surface area (Å²) < 4.78 is 24.4. The number of morpholine rings is 1. The van der Waals surface area contributed by atoms with Gasteiger partial charge < -0.3 is 9.47 Å². The fourth-order valence-corrected chi connectivity index (χ4v) is 2.93. The SMILES string of the molecule is Fc1ccc(/C=C/CN2CCOC(C3CCCO3)C2)cc1. The minimum Gasteiger partial charge on any atom is -0.375 e. The molecule has 0 saturated carbocycles. The van der Waals surface area contributed by atoms with Crippen LogP contribution in [-0.2, 0) is 9.47 Å². The maximum absolute atomic E-state index is 12.8. The summed E-state index contributed by atoms with van der Waals surface area (Å²) >= 11 is 0. The van der Waals surface area contributed by atoms with Gasteiger partial charge >= 0.3 is 0 Å². The van der Waals surface area contributed by atoms with Gasteiger partial charge in [-0.05, 0) is 30.5 Å². The van der Waals surface area contributed by atoms with Gasteiger partial charge in [0, 0.05) is 26.2 Å². The highest BCUT2D eigenvalue weighted by Gasteiger charge is 2.30. The van der Waals surface area contributed by atoms with Crippen LogP contribution in [0.1, 0.15) is 18.4 Å². The van der Waals surface area contributed by atoms with Crippen LogP contribution in [0.3, 0.4) is 0 Å². The molecule has 114 valence electrons. The summed E-state index contributed by atoms with van der Waals surface area (Å²) in [6, 6.07) is 6.56. The Labute approximate surface area is 125 Å². The molecule has 3 nitrogen and oxygen atoms in total. The third-order valence-corrected chi connectivity index (χ3v) is 4.10. The predicted molar refractivity (Wildman–Crippen MR) is 80.6 cm³/mol. The number of halogens is 1. The standard InChI is InChI=1S/C17H22FNO2/c18-15-7-5-14(6-8-15)3-1-9-19-10-12-21-17(13-19)16-4-2-11-20-16/h1,3,5-8,16-17H,2,4,9-13H2/b3-1+. The molecule has 0 N–H and O–H groups in total. The lowest BCUT2D eigenvalue weighted by Gasteiger charge is -2.34. The van der Waals surface area contributed by atoms with E-state index in [1.54, 1.807) is 12.1 Å². The van der Waals surface area contributed by atoms with Crippen molar-refractivity contribution in [1.82, 2.24) is 4.90 Å². The molecule has 4 heteroatoms. The van der Waals surface area contributed by atoms with Gasteiger partial charge in [-0.3, -0.25) is 4.90 Å². The van der Waals surface area contributed by atoms with E-state index in [1.165, 1.54) is 12.1 Å². The van der Waals surface area contributed by atoms with Crippen LogP contribution in [0.5, 0.6) is 0 Å². The molecule has 0 spiro atoms. The Bertz CT molecular complexity index is 468. The summed E-state index contributed by atoms with van der Waals surface area (Å²) in [6.07, 6.45) is 6.91. The van der Waals surface area contributed by atoms with Crippen molar-refractivity contribution in [1.29, 1.82) is 0 Å². The Balaban J connectivity index is 1.49. The van der Waals surface area contributed by atoms with E-state index in [0.717, 1.165) is 51.3 Å². The lowest BCUT2D eigenvalue weighted by molar-refractivity contribution is -0.0920. The number of hydrogen-bond donors (Lipinski definition) is 0. The molecule has 0 aromatic heterocycles. The first-order valence-electron chi connectivity index (χ1n) is 7.69. The first kappa shape index (κ1) is 14.7. The topological polar surface area (TPSA) is 21.7 Å². The number of rotatable bonds is 4. The summed E-state index contributed by atoms with van der Waals surface area (Å²) in [5, 5.41) is 0. The minimum absolute atomic E-state index is 0.195. The average Bonchev–Trinajstić information content (AvgIpc) is 3.04. The minimum atomic E-state index is -0.195. The molecule has 1 aromatic rings. The van der Waals surface area contributed by atoms with E-state index in [1.807, 2.05) is 6.08 Å². The summed E-state index contributed by atoms with van der Waals surface area (Å²) in [7, 11) is 0. The highest BCUT2D eigenvalue weighted by molar-refractivity contribution is 5.48. The Kier molecular flexibility index (Phi) is 5.01. The highest BCUT2D eigenvalue weighted by Crippen LogP contribution is 2.20. The molecule has 0 amide bonds. The van der Waals surface area contributed by atoms with Crippen LogP contribution in [0.15, 0.2) is 30.3 Å². The van der Waals surface area contributed by atoms with E-state index in [4.69, 9.17) is 9.47 Å². The molecule has 1 aromatic carbocycles. The van der Waals surface area contributed by atoms with Crippen LogP contribution in [0.4, 0.5) is 4.39 Å². The second-order valence-electron chi connectivity index (χ2n) is 5.67. The van der Waals surface area contributed by atoms with Crippen LogP contribution in [0.2, 0.25) is 0 Å². The maximum atomic E-state index is 12.8. The second kappa shape index (κ2) is 7.16. The zero-order valence-electron chi connectivity index (χ0n) is 12.2. The van der Waals surface area contributed by atoms with Gasteiger partial charge in [0.05, 0.1) is 18.8 Å². The molecule has 2 unspecified atom stereocenters. The van der Waals surface area contributed by atoms with E-state index < -0.39 is 0 Å². The Morgan fingerprint density at radius 3 is 2.71 bits per heavy atom. The van der Waals surface area contributed by atoms with Crippen molar-refractivity contribution in [2.45, 2.75) is 25.0 Å². The van der Waals surface area contributed by atoms with Gasteiger partial charge in [0.1, 0.15) is 5.82 Å². The molecular weight excluding hydrogens is 269 g/mol. The van der Waals surface area contributed by atoms with Gasteiger partial charge in [-0.15, -0.1) is 0 Å². The van der Waals surface area contributed by atoms with Gasteiger partial charge in [0.2, 0.25) is 0 Å². The van der Waals surface area contributed by atoms with E-state index in [9.17, 15) is 4.39 Å². The average molecular weight is 291 g/mol. The first-order chi connectivity index (χ1) is 10.3. The quantitative estimate of drug-likeness (QED) is 0.851. The van der Waals surface area contributed by atoms with E-state index >= 15 is 0 Å². The van der Waals surface area contributed by atoms with Gasteiger partial charge in [0.25, 0.3) is 0 Å². The van der Waals surface area contributed by atoms with Gasteiger partial charge in [-0.1, -0.05) is 24.3 Å². The lowest BCUT2D eigenvalue weighted by atomic mass is 10.1. The molecule has 2 atom stereocenters. The molecule has 2 fully saturated rings. The van der Waals surface area contributed by atoms with Crippen molar-refractivity contribution < 1.29 is 13.9 Å². The van der Waals surface area contributed by atoms with Crippen LogP contribution in [0.25, 0.3) is 6.08 Å². The van der Waals surface area contributed by atoms with Crippen LogP contribution in [0, 0.1) is 5.82 Å². The molecule has 2 heterocycles. The smallest absolute Gasteiger partial charge is 0.123 e. The van der Waals surface area contributed by atoms with E-state index in [2.05, 4.69) is 11.0 Å². The zero-order valence-corrected chi connectivity index (χ0v) is 12.2. The Morgan fingerprint density at radius 1 is 1.14 bits per heavy atom. The molecule has 3 rings (SSSR count). The molecule has 0 radical (unpaired) electrons. The third-order valence-electron chi connectivity index (χ3n) is 4.10. The van der Waals surface area contributed by atoms with Gasteiger partial charge in [-0.2, -0.15) is 0 Å². The van der Waals surface area contributed by atoms with Crippen molar-refractivity contribution in [2.75, 3.05) is 32.8 Å². The summed E-state index contributed by atoms with van der Waals surface area (Å²) in [4.78, 5) is 2.38. The van der Waals surface area contributed by atoms with Crippen LogP contribution >= 0.6 is 0 Å². The molecular formula is C17H22FNO2. The van der Waals surface area contributed by atoms with Crippen molar-refractivity contribution in [3.05, 3.63) is 41.7 Å². The fraction of sp³-hybridized carbons (Fsp3) is 0.529. The monoisotopic (exact) mass is 291 g/mol. The number of ether oxygens (including phenoxy) is 2. The molecule has 0 bridgehead atoms. The van der Waals surface area contributed by atoms with Gasteiger partial charge in [-0.25, -0.2) is 4.39 Å². The third kappa shape index (κ3) is 4.13. The van der Waals surface area contributed by atoms with Gasteiger partial charge in [0.15, 0.2) is 0 Å². The van der Waals surface area contributed by atoms with Crippen molar-refractivity contribution >= 4 is 6.08 Å². The van der Waals surface area contributed by atoms with Crippen molar-refractivity contribution in [3.8, 4) is 0 Å². The normalized spacial score (nSPS) is 27.5. The Morgan fingerprint density at radius 2 is 1.95 bits per heavy atom. The van der Waals surface area contributed by atoms with Crippen molar-refractivity contribution in [2.24, 2.45) is 0 Å². The highest BCUT2D eigenvalue weighted by atomic mass is 19.1. The zero-order chi connectivity index (χ0) is 14.5. The summed E-state index contributed by atoms with van der Waals surface area (Å²) in [6.45, 7) is 4.42. The number of nitrogens with zero attached hydrogens (tertiary/aromatic N) is 1. The lowest BCUT2D eigenvalue weighted by Crippen LogP contribution is -2.47. The van der Waals surface area contributed by atoms with Crippen LogP contribution in [-0.4, -0.2) is 50.0 Å². The van der Waals surface area contributed by atoms with E-state index in [-0.39, 0.29) is 18.0 Å².